The molecule has 0 aliphatic heterocycles. The third kappa shape index (κ3) is 42.3. The molecule has 0 rings (SSSR count). The first-order valence-corrected chi connectivity index (χ1v) is 22.8. The van der Waals surface area contributed by atoms with E-state index >= 15 is 0 Å². The molecule has 0 saturated heterocycles. The van der Waals surface area contributed by atoms with Crippen LogP contribution in [0.5, 0.6) is 0 Å². The SMILES string of the molecule is CC/C=C\C/C=C\C/C=C\C/C=C\C/C=C\CCCCCC(=O)OCC(COCCCCCCCCCC)OC(=O)CCCCCCCCCCCCC. The van der Waals surface area contributed by atoms with Gasteiger partial charge in [0, 0.05) is 19.4 Å². The summed E-state index contributed by atoms with van der Waals surface area (Å²) < 4.78 is 17.2. The molecule has 0 spiro atoms. The lowest BCUT2D eigenvalue weighted by atomic mass is 10.1. The highest BCUT2D eigenvalue weighted by Gasteiger charge is 2.17. The first-order chi connectivity index (χ1) is 26.6. The normalized spacial score (nSPS) is 12.7. The summed E-state index contributed by atoms with van der Waals surface area (Å²) in [5.74, 6) is -0.433. The Labute approximate surface area is 334 Å². The summed E-state index contributed by atoms with van der Waals surface area (Å²) >= 11 is 0. The smallest absolute Gasteiger partial charge is 0.306 e. The molecular formula is C49H86O5. The summed E-state index contributed by atoms with van der Waals surface area (Å²) in [6, 6.07) is 0. The number of carbonyl (C=O) groups is 2. The Morgan fingerprint density at radius 3 is 1.33 bits per heavy atom. The Kier molecular flexibility index (Phi) is 43.0. The molecule has 0 aliphatic rings. The predicted octanol–water partition coefficient (Wildman–Crippen LogP) is 15.0. The molecule has 0 bridgehead atoms. The van der Waals surface area contributed by atoms with E-state index < -0.39 is 6.10 Å². The number of carbonyl (C=O) groups excluding carboxylic acids is 2. The zero-order valence-corrected chi connectivity index (χ0v) is 35.7. The van der Waals surface area contributed by atoms with Gasteiger partial charge in [-0.1, -0.05) is 197 Å². The minimum Gasteiger partial charge on any atom is -0.462 e. The van der Waals surface area contributed by atoms with Crippen LogP contribution in [-0.4, -0.2) is 37.9 Å². The van der Waals surface area contributed by atoms with Crippen molar-refractivity contribution in [3.8, 4) is 0 Å². The van der Waals surface area contributed by atoms with Crippen LogP contribution in [0.1, 0.15) is 213 Å². The molecule has 0 aromatic rings. The summed E-state index contributed by atoms with van der Waals surface area (Å²) in [7, 11) is 0. The molecule has 0 saturated carbocycles. The van der Waals surface area contributed by atoms with E-state index in [4.69, 9.17) is 14.2 Å². The zero-order valence-electron chi connectivity index (χ0n) is 35.7. The molecule has 0 N–H and O–H groups in total. The summed E-state index contributed by atoms with van der Waals surface area (Å²) in [6.45, 7) is 7.66. The minimum atomic E-state index is -0.543. The maximum absolute atomic E-state index is 12.7. The van der Waals surface area contributed by atoms with Gasteiger partial charge in [-0.3, -0.25) is 9.59 Å². The van der Waals surface area contributed by atoms with E-state index in [2.05, 4.69) is 81.5 Å². The van der Waals surface area contributed by atoms with Gasteiger partial charge in [0.05, 0.1) is 6.61 Å². The maximum Gasteiger partial charge on any atom is 0.306 e. The summed E-state index contributed by atoms with van der Waals surface area (Å²) in [5, 5.41) is 0. The minimum absolute atomic E-state index is 0.0697. The number of unbranched alkanes of at least 4 members (excludes halogenated alkanes) is 20. The van der Waals surface area contributed by atoms with Crippen molar-refractivity contribution < 1.29 is 23.8 Å². The number of esters is 2. The Hall–Kier alpha value is -2.40. The van der Waals surface area contributed by atoms with E-state index in [9.17, 15) is 9.59 Å². The maximum atomic E-state index is 12.7. The molecule has 1 atom stereocenters. The van der Waals surface area contributed by atoms with Crippen molar-refractivity contribution in [1.82, 2.24) is 0 Å². The Morgan fingerprint density at radius 1 is 0.426 bits per heavy atom. The van der Waals surface area contributed by atoms with Crippen LogP contribution in [-0.2, 0) is 23.8 Å². The Balaban J connectivity index is 4.23. The summed E-state index contributed by atoms with van der Waals surface area (Å²) in [6.07, 6.45) is 55.0. The van der Waals surface area contributed by atoms with Crippen molar-refractivity contribution in [3.63, 3.8) is 0 Å². The highest BCUT2D eigenvalue weighted by atomic mass is 16.6. The van der Waals surface area contributed by atoms with E-state index in [0.717, 1.165) is 83.5 Å². The fourth-order valence-corrected chi connectivity index (χ4v) is 6.18. The van der Waals surface area contributed by atoms with Gasteiger partial charge in [0.25, 0.3) is 0 Å². The average Bonchev–Trinajstić information content (AvgIpc) is 3.17. The van der Waals surface area contributed by atoms with Crippen LogP contribution < -0.4 is 0 Å². The number of ether oxygens (including phenoxy) is 3. The fourth-order valence-electron chi connectivity index (χ4n) is 6.18. The zero-order chi connectivity index (χ0) is 39.3. The molecule has 0 radical (unpaired) electrons. The number of rotatable bonds is 41. The third-order valence-electron chi connectivity index (χ3n) is 9.57. The molecule has 312 valence electrons. The molecule has 0 aromatic heterocycles. The van der Waals surface area contributed by atoms with Gasteiger partial charge in [0.2, 0.25) is 0 Å². The molecule has 5 heteroatoms. The second kappa shape index (κ2) is 45.0. The third-order valence-corrected chi connectivity index (χ3v) is 9.57. The fraction of sp³-hybridized carbons (Fsp3) is 0.755. The van der Waals surface area contributed by atoms with Gasteiger partial charge < -0.3 is 14.2 Å². The molecule has 0 heterocycles. The van der Waals surface area contributed by atoms with Gasteiger partial charge in [-0.05, 0) is 64.2 Å². The summed E-state index contributed by atoms with van der Waals surface area (Å²) in [4.78, 5) is 25.2. The van der Waals surface area contributed by atoms with Gasteiger partial charge in [-0.15, -0.1) is 0 Å². The van der Waals surface area contributed by atoms with Crippen LogP contribution in [0.4, 0.5) is 0 Å². The molecule has 5 nitrogen and oxygen atoms in total. The van der Waals surface area contributed by atoms with Crippen molar-refractivity contribution in [2.24, 2.45) is 0 Å². The van der Waals surface area contributed by atoms with E-state index in [1.807, 2.05) is 0 Å². The second-order valence-electron chi connectivity index (χ2n) is 14.9. The van der Waals surface area contributed by atoms with Crippen molar-refractivity contribution in [2.45, 2.75) is 219 Å². The standard InChI is InChI=1S/C49H86O5/c1-4-7-10-13-16-19-21-22-23-24-25-26-27-28-30-31-33-36-39-42-48(50)53-46-47(45-52-44-41-38-35-18-15-12-9-6-3)54-49(51)43-40-37-34-32-29-20-17-14-11-8-5-2/h7,10,16,19,22-23,25-26,28,30,47H,4-6,8-9,11-15,17-18,20-21,24,27,29,31-46H2,1-3H3/b10-7-,19-16-,23-22-,26-25-,30-28-. The van der Waals surface area contributed by atoms with Gasteiger partial charge in [0.15, 0.2) is 6.10 Å². The molecule has 0 fully saturated rings. The van der Waals surface area contributed by atoms with Crippen molar-refractivity contribution in [2.75, 3.05) is 19.8 Å². The molecule has 54 heavy (non-hydrogen) atoms. The summed E-state index contributed by atoms with van der Waals surface area (Å²) in [5.41, 5.74) is 0. The van der Waals surface area contributed by atoms with Crippen LogP contribution in [0, 0.1) is 0 Å². The highest BCUT2D eigenvalue weighted by molar-refractivity contribution is 5.70. The average molecular weight is 755 g/mol. The molecule has 1 unspecified atom stereocenters. The lowest BCUT2D eigenvalue weighted by Crippen LogP contribution is -2.30. The number of hydrogen-bond donors (Lipinski definition) is 0. The van der Waals surface area contributed by atoms with Gasteiger partial charge in [-0.2, -0.15) is 0 Å². The Bertz CT molecular complexity index is 946. The first kappa shape index (κ1) is 51.6. The van der Waals surface area contributed by atoms with E-state index in [0.29, 0.717) is 19.4 Å². The molecule has 0 amide bonds. The lowest BCUT2D eigenvalue weighted by molar-refractivity contribution is -0.163. The molecular weight excluding hydrogens is 669 g/mol. The van der Waals surface area contributed by atoms with E-state index in [1.54, 1.807) is 0 Å². The number of allylic oxidation sites excluding steroid dienone is 10. The van der Waals surface area contributed by atoms with Crippen LogP contribution in [0.15, 0.2) is 60.8 Å². The Morgan fingerprint density at radius 2 is 0.833 bits per heavy atom. The van der Waals surface area contributed by atoms with Crippen LogP contribution in [0.25, 0.3) is 0 Å². The van der Waals surface area contributed by atoms with E-state index in [-0.39, 0.29) is 25.2 Å². The van der Waals surface area contributed by atoms with Gasteiger partial charge >= 0.3 is 11.9 Å². The molecule has 0 aliphatic carbocycles. The van der Waals surface area contributed by atoms with Crippen molar-refractivity contribution in [3.05, 3.63) is 60.8 Å². The van der Waals surface area contributed by atoms with Crippen LogP contribution in [0.2, 0.25) is 0 Å². The van der Waals surface area contributed by atoms with E-state index in [1.165, 1.54) is 96.3 Å². The predicted molar refractivity (Wildman–Crippen MR) is 233 cm³/mol. The largest absolute Gasteiger partial charge is 0.462 e. The number of hydrogen-bond acceptors (Lipinski definition) is 5. The van der Waals surface area contributed by atoms with Crippen molar-refractivity contribution >= 4 is 11.9 Å². The van der Waals surface area contributed by atoms with Crippen LogP contribution in [0.3, 0.4) is 0 Å². The van der Waals surface area contributed by atoms with Gasteiger partial charge in [0.1, 0.15) is 6.61 Å². The van der Waals surface area contributed by atoms with Crippen LogP contribution >= 0.6 is 0 Å². The lowest BCUT2D eigenvalue weighted by Gasteiger charge is -2.18. The topological polar surface area (TPSA) is 61.8 Å². The van der Waals surface area contributed by atoms with Gasteiger partial charge in [-0.25, -0.2) is 0 Å². The quantitative estimate of drug-likeness (QED) is 0.0353. The highest BCUT2D eigenvalue weighted by Crippen LogP contribution is 2.14. The molecule has 0 aromatic carbocycles. The monoisotopic (exact) mass is 755 g/mol. The first-order valence-electron chi connectivity index (χ1n) is 22.8. The van der Waals surface area contributed by atoms with Crippen molar-refractivity contribution in [1.29, 1.82) is 0 Å². The second-order valence-corrected chi connectivity index (χ2v) is 14.9.